The van der Waals surface area contributed by atoms with Crippen LogP contribution in [0.2, 0.25) is 0 Å². The van der Waals surface area contributed by atoms with Crippen molar-refractivity contribution >= 4 is 15.8 Å². The van der Waals surface area contributed by atoms with Gasteiger partial charge in [0.2, 0.25) is 11.4 Å². The maximum absolute atomic E-state index is 12.8. The van der Waals surface area contributed by atoms with E-state index in [4.69, 9.17) is 0 Å². The number of nitrogens with zero attached hydrogens (tertiary/aromatic N) is 3. The van der Waals surface area contributed by atoms with Crippen molar-refractivity contribution in [1.82, 2.24) is 15.0 Å². The van der Waals surface area contributed by atoms with Gasteiger partial charge >= 0.3 is 12.1 Å². The Hall–Kier alpha value is -1.65. The third kappa shape index (κ3) is 4.69. The van der Waals surface area contributed by atoms with Crippen molar-refractivity contribution in [3.8, 4) is 0 Å². The summed E-state index contributed by atoms with van der Waals surface area (Å²) in [5, 5.41) is 6.52. The lowest BCUT2D eigenvalue weighted by Gasteiger charge is -2.03. The van der Waals surface area contributed by atoms with Gasteiger partial charge in [0.15, 0.2) is 9.84 Å². The van der Waals surface area contributed by atoms with Gasteiger partial charge in [0.1, 0.15) is 0 Å². The minimum atomic E-state index is -4.88. The lowest BCUT2D eigenvalue weighted by Crippen LogP contribution is -2.17. The Bertz CT molecular complexity index is 610. The molecular formula is C10H14F3N3O4S. The number of carbonyl (C=O) groups is 1. The first-order valence-electron chi connectivity index (χ1n) is 6.00. The van der Waals surface area contributed by atoms with Crippen LogP contribution in [0, 0.1) is 0 Å². The molecule has 0 radical (unpaired) electrons. The molecule has 0 unspecified atom stereocenters. The number of aryl methyl sites for hydroxylation is 1. The highest BCUT2D eigenvalue weighted by Gasteiger charge is 2.41. The van der Waals surface area contributed by atoms with Gasteiger partial charge in [-0.15, -0.1) is 10.2 Å². The van der Waals surface area contributed by atoms with E-state index in [9.17, 15) is 26.4 Å². The van der Waals surface area contributed by atoms with Gasteiger partial charge in [-0.2, -0.15) is 18.0 Å². The molecule has 21 heavy (non-hydrogen) atoms. The zero-order chi connectivity index (χ0) is 16.3. The van der Waals surface area contributed by atoms with E-state index in [1.807, 2.05) is 0 Å². The summed E-state index contributed by atoms with van der Waals surface area (Å²) in [4.78, 5) is 12.0. The van der Waals surface area contributed by atoms with Crippen LogP contribution in [-0.2, 0) is 27.3 Å². The normalized spacial score (nSPS) is 12.4. The highest BCUT2D eigenvalue weighted by atomic mass is 32.2. The van der Waals surface area contributed by atoms with Crippen LogP contribution in [0.1, 0.15) is 30.0 Å². The molecule has 0 fully saturated rings. The van der Waals surface area contributed by atoms with Crippen LogP contribution in [0.15, 0.2) is 0 Å². The van der Waals surface area contributed by atoms with Gasteiger partial charge in [0, 0.05) is 5.75 Å². The topological polar surface area (TPSA) is 91.1 Å². The molecule has 120 valence electrons. The second-order valence-electron chi connectivity index (χ2n) is 3.95. The van der Waals surface area contributed by atoms with Crippen LogP contribution in [-0.4, -0.2) is 47.5 Å². The number of hydrogen-bond donors (Lipinski definition) is 0. The molecule has 0 aliphatic rings. The quantitative estimate of drug-likeness (QED) is 0.721. The zero-order valence-electron chi connectivity index (χ0n) is 11.3. The van der Waals surface area contributed by atoms with Crippen molar-refractivity contribution in [1.29, 1.82) is 0 Å². The fourth-order valence-corrected chi connectivity index (χ4v) is 2.07. The molecule has 1 aromatic rings. The Morgan fingerprint density at radius 3 is 2.38 bits per heavy atom. The summed E-state index contributed by atoms with van der Waals surface area (Å²) in [5.74, 6) is -1.82. The summed E-state index contributed by atoms with van der Waals surface area (Å²) in [7, 11) is -3.39. The molecule has 0 saturated heterocycles. The standard InChI is InChI=1S/C10H14F3N3O4S/c1-3-20-9(17)7-8(10(11,12)13)15-16(14-7)5-6-21(18,19)4-2/h3-6H2,1-2H3. The predicted octanol–water partition coefficient (Wildman–Crippen LogP) is 0.908. The molecule has 1 heterocycles. The molecule has 0 amide bonds. The number of hydrogen-bond acceptors (Lipinski definition) is 6. The predicted molar refractivity (Wildman–Crippen MR) is 65.3 cm³/mol. The van der Waals surface area contributed by atoms with Gasteiger partial charge in [-0.3, -0.25) is 0 Å². The van der Waals surface area contributed by atoms with E-state index in [2.05, 4.69) is 14.9 Å². The van der Waals surface area contributed by atoms with E-state index in [1.165, 1.54) is 13.8 Å². The van der Waals surface area contributed by atoms with Crippen molar-refractivity contribution in [2.45, 2.75) is 26.6 Å². The smallest absolute Gasteiger partial charge is 0.437 e. The molecule has 0 aromatic carbocycles. The third-order valence-corrected chi connectivity index (χ3v) is 4.12. The van der Waals surface area contributed by atoms with E-state index in [-0.39, 0.29) is 18.9 Å². The van der Waals surface area contributed by atoms with Gasteiger partial charge in [0.25, 0.3) is 0 Å². The number of alkyl halides is 3. The Morgan fingerprint density at radius 1 is 1.29 bits per heavy atom. The highest BCUT2D eigenvalue weighted by Crippen LogP contribution is 2.29. The van der Waals surface area contributed by atoms with Gasteiger partial charge in [-0.25, -0.2) is 13.2 Å². The lowest BCUT2D eigenvalue weighted by molar-refractivity contribution is -0.142. The van der Waals surface area contributed by atoms with Crippen LogP contribution in [0.5, 0.6) is 0 Å². The maximum Gasteiger partial charge on any atom is 0.437 e. The largest absolute Gasteiger partial charge is 0.461 e. The highest BCUT2D eigenvalue weighted by molar-refractivity contribution is 7.91. The summed E-state index contributed by atoms with van der Waals surface area (Å²) in [6, 6.07) is 0. The number of ether oxygens (including phenoxy) is 1. The molecule has 0 aliphatic carbocycles. The minimum Gasteiger partial charge on any atom is -0.461 e. The summed E-state index contributed by atoms with van der Waals surface area (Å²) < 4.78 is 65.4. The van der Waals surface area contributed by atoms with Crippen LogP contribution in [0.3, 0.4) is 0 Å². The van der Waals surface area contributed by atoms with Crippen molar-refractivity contribution in [3.05, 3.63) is 11.4 Å². The van der Waals surface area contributed by atoms with Crippen molar-refractivity contribution in [2.75, 3.05) is 18.1 Å². The number of aromatic nitrogens is 3. The van der Waals surface area contributed by atoms with Gasteiger partial charge in [-0.05, 0) is 6.92 Å². The number of esters is 1. The minimum absolute atomic E-state index is 0.118. The zero-order valence-corrected chi connectivity index (χ0v) is 12.2. The Kier molecular flexibility index (Phi) is 5.31. The number of halogens is 3. The first kappa shape index (κ1) is 17.4. The average Bonchev–Trinajstić information content (AvgIpc) is 2.81. The molecule has 7 nitrogen and oxygen atoms in total. The summed E-state index contributed by atoms with van der Waals surface area (Å²) >= 11 is 0. The Morgan fingerprint density at radius 2 is 1.90 bits per heavy atom. The van der Waals surface area contributed by atoms with E-state index in [1.54, 1.807) is 0 Å². The SMILES string of the molecule is CCOC(=O)c1nn(CCS(=O)(=O)CC)nc1C(F)(F)F. The Balaban J connectivity index is 3.06. The number of sulfone groups is 1. The Labute approximate surface area is 119 Å². The third-order valence-electron chi connectivity index (χ3n) is 2.43. The molecule has 1 aromatic heterocycles. The van der Waals surface area contributed by atoms with Crippen LogP contribution in [0.25, 0.3) is 0 Å². The molecule has 11 heteroatoms. The van der Waals surface area contributed by atoms with Crippen molar-refractivity contribution in [3.63, 3.8) is 0 Å². The van der Waals surface area contributed by atoms with Gasteiger partial charge in [-0.1, -0.05) is 6.92 Å². The van der Waals surface area contributed by atoms with Crippen LogP contribution in [0.4, 0.5) is 13.2 Å². The second-order valence-corrected chi connectivity index (χ2v) is 6.42. The van der Waals surface area contributed by atoms with Crippen molar-refractivity contribution in [2.24, 2.45) is 0 Å². The summed E-state index contributed by atoms with van der Waals surface area (Å²) in [6.07, 6.45) is -4.88. The van der Waals surface area contributed by atoms with Crippen molar-refractivity contribution < 1.29 is 31.1 Å². The van der Waals surface area contributed by atoms with Gasteiger partial charge < -0.3 is 4.74 Å². The molecule has 0 saturated carbocycles. The molecule has 1 rings (SSSR count). The monoisotopic (exact) mass is 329 g/mol. The fraction of sp³-hybridized carbons (Fsp3) is 0.700. The molecule has 0 aliphatic heterocycles. The van der Waals surface area contributed by atoms with E-state index in [0.717, 1.165) is 0 Å². The molecular weight excluding hydrogens is 315 g/mol. The lowest BCUT2D eigenvalue weighted by atomic mass is 10.3. The van der Waals surface area contributed by atoms with E-state index < -0.39 is 39.1 Å². The van der Waals surface area contributed by atoms with Crippen LogP contribution >= 0.6 is 0 Å². The second kappa shape index (κ2) is 6.41. The molecule has 0 spiro atoms. The summed E-state index contributed by atoms with van der Waals surface area (Å²) in [6.45, 7) is 2.35. The number of carbonyl (C=O) groups excluding carboxylic acids is 1. The first-order chi connectivity index (χ1) is 9.60. The molecule has 0 N–H and O–H groups in total. The average molecular weight is 329 g/mol. The first-order valence-corrected chi connectivity index (χ1v) is 7.82. The maximum atomic E-state index is 12.8. The van der Waals surface area contributed by atoms with E-state index in [0.29, 0.717) is 4.80 Å². The van der Waals surface area contributed by atoms with Crippen LogP contribution < -0.4 is 0 Å². The van der Waals surface area contributed by atoms with E-state index >= 15 is 0 Å². The molecule has 0 atom stereocenters. The molecule has 0 bridgehead atoms. The van der Waals surface area contributed by atoms with Gasteiger partial charge in [0.05, 0.1) is 18.9 Å². The number of rotatable bonds is 6. The fourth-order valence-electron chi connectivity index (χ4n) is 1.34. The summed E-state index contributed by atoms with van der Waals surface area (Å²) in [5.41, 5.74) is -2.46.